The number of methoxy groups -OCH3 is 1. The summed E-state index contributed by atoms with van der Waals surface area (Å²) in [6.07, 6.45) is 0. The van der Waals surface area contributed by atoms with Crippen LogP contribution in [-0.4, -0.2) is 26.2 Å². The molecule has 0 aromatic heterocycles. The molecule has 0 bridgehead atoms. The van der Waals surface area contributed by atoms with Gasteiger partial charge in [-0.2, -0.15) is 0 Å². The number of benzene rings is 2. The normalized spacial score (nSPS) is 15.3. The molecule has 0 aliphatic carbocycles. The van der Waals surface area contributed by atoms with Gasteiger partial charge in [-0.3, -0.25) is 5.41 Å². The highest BCUT2D eigenvalue weighted by molar-refractivity contribution is 9.10. The van der Waals surface area contributed by atoms with Crippen molar-refractivity contribution in [3.8, 4) is 17.2 Å². The molecule has 5 nitrogen and oxygen atoms in total. The van der Waals surface area contributed by atoms with Crippen molar-refractivity contribution in [2.75, 3.05) is 20.3 Å². The van der Waals surface area contributed by atoms with Gasteiger partial charge >= 0.3 is 0 Å². The molecule has 3 N–H and O–H groups in total. The zero-order valence-electron chi connectivity index (χ0n) is 12.6. The van der Waals surface area contributed by atoms with Gasteiger partial charge in [-0.25, -0.2) is 0 Å². The van der Waals surface area contributed by atoms with Gasteiger partial charge in [0.15, 0.2) is 0 Å². The fraction of sp³-hybridized carbons (Fsp3) is 0.235. The van der Waals surface area contributed by atoms with Crippen LogP contribution in [0.5, 0.6) is 17.2 Å². The van der Waals surface area contributed by atoms with Crippen molar-refractivity contribution in [2.24, 2.45) is 5.73 Å². The summed E-state index contributed by atoms with van der Waals surface area (Å²) in [4.78, 5) is 0. The fourth-order valence-corrected chi connectivity index (χ4v) is 3.03. The van der Waals surface area contributed by atoms with E-state index in [-0.39, 0.29) is 18.4 Å². The Morgan fingerprint density at radius 2 is 1.91 bits per heavy atom. The van der Waals surface area contributed by atoms with Gasteiger partial charge in [-0.1, -0.05) is 15.9 Å². The van der Waals surface area contributed by atoms with Crippen LogP contribution < -0.4 is 15.2 Å². The average molecular weight is 377 g/mol. The van der Waals surface area contributed by atoms with Gasteiger partial charge in [0, 0.05) is 21.5 Å². The second kappa shape index (κ2) is 6.60. The standard InChI is InChI=1S/C17H17BrN2O3/c1-21-11-3-5-16-13(7-11)14(8-22-9-17(19)20)12-6-10(18)2-4-15(12)23-16/h2-7,14H,8-9H2,1H3,(H3,19,20). The molecule has 1 atom stereocenters. The molecule has 6 heteroatoms. The number of nitrogens with one attached hydrogen (secondary N) is 1. The number of rotatable bonds is 5. The van der Waals surface area contributed by atoms with E-state index in [4.69, 9.17) is 25.4 Å². The van der Waals surface area contributed by atoms with Gasteiger partial charge in [-0.05, 0) is 36.4 Å². The van der Waals surface area contributed by atoms with Gasteiger partial charge in [0.2, 0.25) is 0 Å². The Balaban J connectivity index is 2.00. The van der Waals surface area contributed by atoms with Crippen LogP contribution in [0.25, 0.3) is 0 Å². The van der Waals surface area contributed by atoms with Crippen molar-refractivity contribution in [3.63, 3.8) is 0 Å². The first-order valence-corrected chi connectivity index (χ1v) is 7.93. The van der Waals surface area contributed by atoms with E-state index < -0.39 is 0 Å². The average Bonchev–Trinajstić information content (AvgIpc) is 2.54. The lowest BCUT2D eigenvalue weighted by molar-refractivity contribution is 0.159. The van der Waals surface area contributed by atoms with Crippen molar-refractivity contribution in [1.29, 1.82) is 5.41 Å². The highest BCUT2D eigenvalue weighted by Crippen LogP contribution is 2.46. The summed E-state index contributed by atoms with van der Waals surface area (Å²) < 4.78 is 17.9. The second-order valence-electron chi connectivity index (χ2n) is 5.28. The molecular weight excluding hydrogens is 360 g/mol. The Labute approximate surface area is 143 Å². The molecule has 1 aliphatic heterocycles. The van der Waals surface area contributed by atoms with Crippen LogP contribution in [-0.2, 0) is 4.74 Å². The van der Waals surface area contributed by atoms with Crippen LogP contribution in [0.2, 0.25) is 0 Å². The Hall–Kier alpha value is -2.05. The number of fused-ring (bicyclic) bond motifs is 2. The molecule has 3 rings (SSSR count). The molecule has 1 aliphatic rings. The zero-order chi connectivity index (χ0) is 16.4. The molecule has 1 unspecified atom stereocenters. The van der Waals surface area contributed by atoms with E-state index in [0.29, 0.717) is 6.61 Å². The minimum absolute atomic E-state index is 0.0115. The lowest BCUT2D eigenvalue weighted by Crippen LogP contribution is -2.21. The summed E-state index contributed by atoms with van der Waals surface area (Å²) in [5.74, 6) is 2.36. The molecule has 1 heterocycles. The highest BCUT2D eigenvalue weighted by atomic mass is 79.9. The summed E-state index contributed by atoms with van der Waals surface area (Å²) >= 11 is 3.50. The molecule has 0 saturated heterocycles. The van der Waals surface area contributed by atoms with E-state index in [2.05, 4.69) is 15.9 Å². The van der Waals surface area contributed by atoms with Gasteiger partial charge in [0.25, 0.3) is 0 Å². The van der Waals surface area contributed by atoms with Crippen molar-refractivity contribution in [1.82, 2.24) is 0 Å². The lowest BCUT2D eigenvalue weighted by atomic mass is 9.88. The van der Waals surface area contributed by atoms with E-state index in [0.717, 1.165) is 32.8 Å². The monoisotopic (exact) mass is 376 g/mol. The first kappa shape index (κ1) is 15.8. The van der Waals surface area contributed by atoms with E-state index in [1.807, 2.05) is 36.4 Å². The zero-order valence-corrected chi connectivity index (χ0v) is 14.2. The first-order chi connectivity index (χ1) is 11.1. The third-order valence-corrected chi connectivity index (χ3v) is 4.19. The number of hydrogen-bond acceptors (Lipinski definition) is 4. The minimum atomic E-state index is -0.0132. The van der Waals surface area contributed by atoms with E-state index >= 15 is 0 Å². The fourth-order valence-electron chi connectivity index (χ4n) is 2.66. The van der Waals surface area contributed by atoms with Gasteiger partial charge in [0.1, 0.15) is 29.7 Å². The number of ether oxygens (including phenoxy) is 3. The molecular formula is C17H17BrN2O3. The van der Waals surface area contributed by atoms with E-state index in [1.54, 1.807) is 7.11 Å². The van der Waals surface area contributed by atoms with Crippen LogP contribution in [0.15, 0.2) is 40.9 Å². The summed E-state index contributed by atoms with van der Waals surface area (Å²) in [6.45, 7) is 0.520. The maximum atomic E-state index is 7.30. The van der Waals surface area contributed by atoms with Crippen LogP contribution in [0.4, 0.5) is 0 Å². The SMILES string of the molecule is COc1ccc2c(c1)C(COCC(=N)N)c1cc(Br)ccc1O2. The smallest absolute Gasteiger partial charge is 0.131 e. The molecule has 120 valence electrons. The van der Waals surface area contributed by atoms with E-state index in [1.165, 1.54) is 0 Å². The third-order valence-electron chi connectivity index (χ3n) is 3.70. The summed E-state index contributed by atoms with van der Waals surface area (Å²) in [7, 11) is 1.64. The molecule has 0 amide bonds. The maximum absolute atomic E-state index is 7.30. The number of nitrogens with two attached hydrogens (primary N) is 1. The van der Waals surface area contributed by atoms with Crippen LogP contribution >= 0.6 is 15.9 Å². The Kier molecular flexibility index (Phi) is 4.54. The quantitative estimate of drug-likeness (QED) is 0.616. The van der Waals surface area contributed by atoms with Crippen molar-refractivity contribution in [3.05, 3.63) is 52.0 Å². The molecule has 2 aromatic carbocycles. The van der Waals surface area contributed by atoms with Gasteiger partial charge in [-0.15, -0.1) is 0 Å². The Bertz CT molecular complexity index is 749. The van der Waals surface area contributed by atoms with Crippen molar-refractivity contribution in [2.45, 2.75) is 5.92 Å². The topological polar surface area (TPSA) is 77.6 Å². The lowest BCUT2D eigenvalue weighted by Gasteiger charge is -2.28. The summed E-state index contributed by atoms with van der Waals surface area (Å²) in [5, 5.41) is 7.30. The Morgan fingerprint density at radius 3 is 2.61 bits per heavy atom. The van der Waals surface area contributed by atoms with Crippen LogP contribution in [0, 0.1) is 5.41 Å². The second-order valence-corrected chi connectivity index (χ2v) is 6.20. The maximum Gasteiger partial charge on any atom is 0.131 e. The number of halogens is 1. The minimum Gasteiger partial charge on any atom is -0.497 e. The van der Waals surface area contributed by atoms with Crippen LogP contribution in [0.1, 0.15) is 17.0 Å². The van der Waals surface area contributed by atoms with Gasteiger partial charge < -0.3 is 19.9 Å². The molecule has 0 radical (unpaired) electrons. The number of hydrogen-bond donors (Lipinski definition) is 2. The van der Waals surface area contributed by atoms with Crippen molar-refractivity contribution < 1.29 is 14.2 Å². The summed E-state index contributed by atoms with van der Waals surface area (Å²) in [6, 6.07) is 11.6. The van der Waals surface area contributed by atoms with E-state index in [9.17, 15) is 0 Å². The van der Waals surface area contributed by atoms with Gasteiger partial charge in [0.05, 0.1) is 13.7 Å². The molecule has 0 spiro atoms. The molecule has 23 heavy (non-hydrogen) atoms. The molecule has 0 fully saturated rings. The highest BCUT2D eigenvalue weighted by Gasteiger charge is 2.28. The summed E-state index contributed by atoms with van der Waals surface area (Å²) in [5.41, 5.74) is 7.40. The number of amidine groups is 1. The molecule has 2 aromatic rings. The van der Waals surface area contributed by atoms with Crippen LogP contribution in [0.3, 0.4) is 0 Å². The molecule has 0 saturated carbocycles. The third kappa shape index (κ3) is 3.33. The predicted molar refractivity (Wildman–Crippen MR) is 91.8 cm³/mol. The van der Waals surface area contributed by atoms with Crippen molar-refractivity contribution >= 4 is 21.8 Å². The predicted octanol–water partition coefficient (Wildman–Crippen LogP) is 3.65. The largest absolute Gasteiger partial charge is 0.497 e. The first-order valence-electron chi connectivity index (χ1n) is 7.14. The Morgan fingerprint density at radius 1 is 1.22 bits per heavy atom.